The fourth-order valence-electron chi connectivity index (χ4n) is 2.26. The average molecular weight is 298 g/mol. The molecule has 4 nitrogen and oxygen atoms in total. The van der Waals surface area contributed by atoms with Crippen LogP contribution in [0.3, 0.4) is 0 Å². The third-order valence-electron chi connectivity index (χ3n) is 3.31. The summed E-state index contributed by atoms with van der Waals surface area (Å²) in [6.07, 6.45) is 1.99. The number of nitrogens with zero attached hydrogens (tertiary/aromatic N) is 2. The lowest BCUT2D eigenvalue weighted by atomic mass is 10.2. The summed E-state index contributed by atoms with van der Waals surface area (Å²) in [6.45, 7) is 0.824. The molecular weight excluding hydrogens is 284 g/mol. The number of benzene rings is 2. The highest BCUT2D eigenvalue weighted by Crippen LogP contribution is 2.23. The monoisotopic (exact) mass is 298 g/mol. The van der Waals surface area contributed by atoms with Crippen molar-refractivity contribution in [3.05, 3.63) is 70.9 Å². The standard InChI is InChI=1S/C16H14N2O2S/c19-18(20)14-7-6-13-8-9-17(16(13)12-14)10-11-21-15-4-2-1-3-5-15/h1-9,12H,10-11H2. The van der Waals surface area contributed by atoms with Gasteiger partial charge in [0.25, 0.3) is 5.69 Å². The first-order valence-electron chi connectivity index (χ1n) is 6.65. The third kappa shape index (κ3) is 3.08. The first kappa shape index (κ1) is 13.7. The van der Waals surface area contributed by atoms with Gasteiger partial charge in [0.15, 0.2) is 0 Å². The Balaban J connectivity index is 1.74. The second-order valence-corrected chi connectivity index (χ2v) is 5.84. The number of aromatic nitrogens is 1. The van der Waals surface area contributed by atoms with E-state index in [0.717, 1.165) is 23.2 Å². The highest BCUT2D eigenvalue weighted by molar-refractivity contribution is 7.99. The quantitative estimate of drug-likeness (QED) is 0.400. The Morgan fingerprint density at radius 1 is 1.10 bits per heavy atom. The van der Waals surface area contributed by atoms with Gasteiger partial charge in [-0.1, -0.05) is 18.2 Å². The van der Waals surface area contributed by atoms with Gasteiger partial charge in [0.2, 0.25) is 0 Å². The second-order valence-electron chi connectivity index (χ2n) is 4.67. The van der Waals surface area contributed by atoms with E-state index in [1.165, 1.54) is 4.90 Å². The predicted molar refractivity (Wildman–Crippen MR) is 85.8 cm³/mol. The van der Waals surface area contributed by atoms with E-state index in [1.54, 1.807) is 30.0 Å². The van der Waals surface area contributed by atoms with Crippen molar-refractivity contribution in [2.75, 3.05) is 5.75 Å². The highest BCUT2D eigenvalue weighted by atomic mass is 32.2. The minimum absolute atomic E-state index is 0.137. The van der Waals surface area contributed by atoms with Gasteiger partial charge in [0, 0.05) is 40.9 Å². The molecule has 21 heavy (non-hydrogen) atoms. The molecule has 0 fully saturated rings. The van der Waals surface area contributed by atoms with Crippen LogP contribution in [0.5, 0.6) is 0 Å². The SMILES string of the molecule is O=[N+]([O-])c1ccc2ccn(CCSc3ccccc3)c2c1. The fourth-order valence-corrected chi connectivity index (χ4v) is 3.13. The van der Waals surface area contributed by atoms with Crippen LogP contribution in [0.25, 0.3) is 10.9 Å². The minimum atomic E-state index is -0.352. The summed E-state index contributed by atoms with van der Waals surface area (Å²) < 4.78 is 2.07. The Bertz CT molecular complexity index is 768. The van der Waals surface area contributed by atoms with Gasteiger partial charge in [-0.2, -0.15) is 0 Å². The van der Waals surface area contributed by atoms with Crippen LogP contribution in [0, 0.1) is 10.1 Å². The first-order valence-corrected chi connectivity index (χ1v) is 7.64. The maximum absolute atomic E-state index is 10.9. The van der Waals surface area contributed by atoms with Gasteiger partial charge in [-0.25, -0.2) is 0 Å². The number of fused-ring (bicyclic) bond motifs is 1. The van der Waals surface area contributed by atoms with Crippen LogP contribution in [0.15, 0.2) is 65.7 Å². The van der Waals surface area contributed by atoms with Gasteiger partial charge in [-0.3, -0.25) is 10.1 Å². The lowest BCUT2D eigenvalue weighted by molar-refractivity contribution is -0.384. The van der Waals surface area contributed by atoms with Crippen molar-refractivity contribution in [3.8, 4) is 0 Å². The molecule has 2 aromatic carbocycles. The van der Waals surface area contributed by atoms with E-state index in [-0.39, 0.29) is 10.6 Å². The molecule has 0 saturated heterocycles. The van der Waals surface area contributed by atoms with Crippen molar-refractivity contribution in [1.29, 1.82) is 0 Å². The number of thioether (sulfide) groups is 1. The molecule has 1 aromatic heterocycles. The molecular formula is C16H14N2O2S. The topological polar surface area (TPSA) is 48.1 Å². The van der Waals surface area contributed by atoms with E-state index in [4.69, 9.17) is 0 Å². The predicted octanol–water partition coefficient (Wildman–Crippen LogP) is 4.34. The average Bonchev–Trinajstić information content (AvgIpc) is 2.91. The van der Waals surface area contributed by atoms with E-state index < -0.39 is 0 Å². The molecule has 0 atom stereocenters. The van der Waals surface area contributed by atoms with Gasteiger partial charge in [-0.15, -0.1) is 11.8 Å². The van der Waals surface area contributed by atoms with Crippen molar-refractivity contribution >= 4 is 28.4 Å². The van der Waals surface area contributed by atoms with Gasteiger partial charge >= 0.3 is 0 Å². The van der Waals surface area contributed by atoms with Crippen molar-refractivity contribution in [2.24, 2.45) is 0 Å². The van der Waals surface area contributed by atoms with Crippen LogP contribution in [0.2, 0.25) is 0 Å². The summed E-state index contributed by atoms with van der Waals surface area (Å²) in [5.74, 6) is 0.927. The summed E-state index contributed by atoms with van der Waals surface area (Å²) in [4.78, 5) is 11.8. The van der Waals surface area contributed by atoms with Crippen LogP contribution in [-0.2, 0) is 6.54 Å². The molecule has 106 valence electrons. The Labute approximate surface area is 126 Å². The van der Waals surface area contributed by atoms with Crippen molar-refractivity contribution in [1.82, 2.24) is 4.57 Å². The number of nitro groups is 1. The smallest absolute Gasteiger partial charge is 0.271 e. The van der Waals surface area contributed by atoms with Gasteiger partial charge < -0.3 is 4.57 Å². The van der Waals surface area contributed by atoms with Gasteiger partial charge in [0.1, 0.15) is 0 Å². The van der Waals surface area contributed by atoms with Crippen molar-refractivity contribution < 1.29 is 4.92 Å². The lowest BCUT2D eigenvalue weighted by Crippen LogP contribution is -1.99. The number of hydrogen-bond donors (Lipinski definition) is 0. The van der Waals surface area contributed by atoms with E-state index in [1.807, 2.05) is 30.5 Å². The molecule has 0 N–H and O–H groups in total. The molecule has 0 radical (unpaired) electrons. The summed E-state index contributed by atoms with van der Waals surface area (Å²) in [5.41, 5.74) is 1.05. The molecule has 0 aliphatic rings. The van der Waals surface area contributed by atoms with Crippen molar-refractivity contribution in [2.45, 2.75) is 11.4 Å². The number of hydrogen-bond acceptors (Lipinski definition) is 3. The maximum Gasteiger partial charge on any atom is 0.271 e. The number of nitro benzene ring substituents is 1. The van der Waals surface area contributed by atoms with Crippen LogP contribution < -0.4 is 0 Å². The Morgan fingerprint density at radius 3 is 2.67 bits per heavy atom. The first-order chi connectivity index (χ1) is 10.2. The Hall–Kier alpha value is -2.27. The summed E-state index contributed by atoms with van der Waals surface area (Å²) in [7, 11) is 0. The van der Waals surface area contributed by atoms with Crippen LogP contribution >= 0.6 is 11.8 Å². The highest BCUT2D eigenvalue weighted by Gasteiger charge is 2.09. The number of non-ortho nitro benzene ring substituents is 1. The van der Waals surface area contributed by atoms with E-state index in [0.29, 0.717) is 0 Å². The molecule has 0 saturated carbocycles. The van der Waals surface area contributed by atoms with Crippen molar-refractivity contribution in [3.63, 3.8) is 0 Å². The zero-order valence-electron chi connectivity index (χ0n) is 11.3. The fraction of sp³-hybridized carbons (Fsp3) is 0.125. The van der Waals surface area contributed by atoms with E-state index >= 15 is 0 Å². The molecule has 0 aliphatic heterocycles. The van der Waals surface area contributed by atoms with E-state index in [9.17, 15) is 10.1 Å². The number of rotatable bonds is 5. The molecule has 1 heterocycles. The molecule has 0 amide bonds. The molecule has 5 heteroatoms. The van der Waals surface area contributed by atoms with Crippen LogP contribution in [0.4, 0.5) is 5.69 Å². The molecule has 0 bridgehead atoms. The summed E-state index contributed by atoms with van der Waals surface area (Å²) >= 11 is 1.78. The minimum Gasteiger partial charge on any atom is -0.346 e. The molecule has 3 aromatic rings. The lowest BCUT2D eigenvalue weighted by Gasteiger charge is -2.05. The molecule has 0 unspecified atom stereocenters. The molecule has 0 aliphatic carbocycles. The van der Waals surface area contributed by atoms with Gasteiger partial charge in [0.05, 0.1) is 10.4 Å². The summed E-state index contributed by atoms with van der Waals surface area (Å²) in [6, 6.07) is 17.2. The largest absolute Gasteiger partial charge is 0.346 e. The summed E-state index contributed by atoms with van der Waals surface area (Å²) in [5, 5.41) is 11.9. The normalized spacial score (nSPS) is 10.9. The molecule has 0 spiro atoms. The second kappa shape index (κ2) is 6.01. The third-order valence-corrected chi connectivity index (χ3v) is 4.30. The Morgan fingerprint density at radius 2 is 1.90 bits per heavy atom. The molecule has 3 rings (SSSR count). The number of aryl methyl sites for hydroxylation is 1. The van der Waals surface area contributed by atoms with Gasteiger partial charge in [-0.05, 0) is 24.3 Å². The van der Waals surface area contributed by atoms with E-state index in [2.05, 4.69) is 16.7 Å². The van der Waals surface area contributed by atoms with Crippen LogP contribution in [-0.4, -0.2) is 15.2 Å². The zero-order valence-corrected chi connectivity index (χ0v) is 12.1. The van der Waals surface area contributed by atoms with Crippen LogP contribution in [0.1, 0.15) is 0 Å². The zero-order chi connectivity index (χ0) is 14.7. The Kier molecular flexibility index (Phi) is 3.92. The maximum atomic E-state index is 10.9.